The lowest BCUT2D eigenvalue weighted by Crippen LogP contribution is -2.36. The third-order valence-electron chi connectivity index (χ3n) is 3.31. The van der Waals surface area contributed by atoms with Crippen LogP contribution < -0.4 is 5.32 Å². The van der Waals surface area contributed by atoms with Gasteiger partial charge >= 0.3 is 0 Å². The van der Waals surface area contributed by atoms with Gasteiger partial charge in [-0.1, -0.05) is 11.6 Å². The molecule has 0 radical (unpaired) electrons. The Morgan fingerprint density at radius 1 is 1.28 bits per heavy atom. The maximum atomic E-state index is 6.18. The minimum Gasteiger partial charge on any atom is -0.381 e. The highest BCUT2D eigenvalue weighted by Gasteiger charge is 2.24. The molecule has 2 nitrogen and oxygen atoms in total. The molecule has 4 heteroatoms. The summed E-state index contributed by atoms with van der Waals surface area (Å²) in [6, 6.07) is 4.49. The number of rotatable bonds is 2. The van der Waals surface area contributed by atoms with E-state index >= 15 is 0 Å². The van der Waals surface area contributed by atoms with Crippen molar-refractivity contribution in [1.82, 2.24) is 0 Å². The van der Waals surface area contributed by atoms with Crippen LogP contribution in [0.4, 0.5) is 5.69 Å². The van der Waals surface area contributed by atoms with E-state index in [2.05, 4.69) is 41.2 Å². The molecule has 1 aromatic carbocycles. The van der Waals surface area contributed by atoms with Gasteiger partial charge in [0, 0.05) is 15.5 Å². The van der Waals surface area contributed by atoms with Crippen molar-refractivity contribution >= 4 is 33.2 Å². The van der Waals surface area contributed by atoms with Gasteiger partial charge in [-0.2, -0.15) is 0 Å². The summed E-state index contributed by atoms with van der Waals surface area (Å²) in [6.07, 6.45) is 2.68. The van der Waals surface area contributed by atoms with Crippen molar-refractivity contribution in [1.29, 1.82) is 0 Å². The molecule has 0 bridgehead atoms. The molecule has 18 heavy (non-hydrogen) atoms. The highest BCUT2D eigenvalue weighted by atomic mass is 79.9. The van der Waals surface area contributed by atoms with Crippen LogP contribution in [0.5, 0.6) is 0 Å². The third-order valence-corrected chi connectivity index (χ3v) is 4.37. The van der Waals surface area contributed by atoms with Crippen LogP contribution in [-0.2, 0) is 4.74 Å². The number of hydrogen-bond acceptors (Lipinski definition) is 2. The fraction of sp³-hybridized carbons (Fsp3) is 0.571. The summed E-state index contributed by atoms with van der Waals surface area (Å²) in [5, 5.41) is 4.37. The Balaban J connectivity index is 2.11. The molecule has 1 heterocycles. The zero-order valence-electron chi connectivity index (χ0n) is 11.0. The van der Waals surface area contributed by atoms with Gasteiger partial charge in [-0.25, -0.2) is 0 Å². The van der Waals surface area contributed by atoms with Crippen molar-refractivity contribution in [2.45, 2.75) is 51.9 Å². The Labute approximate surface area is 122 Å². The van der Waals surface area contributed by atoms with Crippen LogP contribution in [0.25, 0.3) is 0 Å². The van der Waals surface area contributed by atoms with Gasteiger partial charge < -0.3 is 10.1 Å². The second-order valence-electron chi connectivity index (χ2n) is 5.15. The van der Waals surface area contributed by atoms with Gasteiger partial charge in [0.1, 0.15) is 0 Å². The maximum absolute atomic E-state index is 6.18. The normalized spacial score (nSPS) is 28.2. The van der Waals surface area contributed by atoms with Crippen LogP contribution >= 0.6 is 27.5 Å². The van der Waals surface area contributed by atoms with Gasteiger partial charge in [0.2, 0.25) is 0 Å². The lowest BCUT2D eigenvalue weighted by Gasteiger charge is -2.33. The average molecular weight is 333 g/mol. The first kappa shape index (κ1) is 14.2. The summed E-state index contributed by atoms with van der Waals surface area (Å²) in [5.41, 5.74) is 2.15. The topological polar surface area (TPSA) is 21.3 Å². The Kier molecular flexibility index (Phi) is 4.57. The molecular weight excluding hydrogens is 314 g/mol. The number of ether oxygens (including phenoxy) is 1. The van der Waals surface area contributed by atoms with Gasteiger partial charge in [-0.15, -0.1) is 0 Å². The highest BCUT2D eigenvalue weighted by molar-refractivity contribution is 9.10. The molecule has 0 aliphatic carbocycles. The first-order valence-corrected chi connectivity index (χ1v) is 7.50. The number of nitrogens with one attached hydrogen (secondary N) is 1. The molecule has 1 aliphatic rings. The van der Waals surface area contributed by atoms with Crippen LogP contribution in [0.15, 0.2) is 16.6 Å². The van der Waals surface area contributed by atoms with E-state index in [1.807, 2.05) is 13.0 Å². The Hall–Kier alpha value is -0.250. The molecule has 1 aromatic rings. The van der Waals surface area contributed by atoms with Crippen LogP contribution in [-0.4, -0.2) is 18.2 Å². The molecule has 0 saturated carbocycles. The number of aryl methyl sites for hydroxylation is 1. The smallest absolute Gasteiger partial charge is 0.0570 e. The summed E-state index contributed by atoms with van der Waals surface area (Å²) in [5.74, 6) is 0. The molecule has 2 unspecified atom stereocenters. The van der Waals surface area contributed by atoms with E-state index < -0.39 is 0 Å². The molecule has 1 fully saturated rings. The highest BCUT2D eigenvalue weighted by Crippen LogP contribution is 2.31. The standard InChI is InChI=1S/C14H19BrClNO/c1-8-4-12(15)14(7-13(8)16)17-11-5-9(2)18-10(3)6-11/h4,7,9-11,17H,5-6H2,1-3H3. The molecule has 0 spiro atoms. The Morgan fingerprint density at radius 3 is 2.50 bits per heavy atom. The van der Waals surface area contributed by atoms with Gasteiger partial charge in [-0.05, 0) is 67.2 Å². The van der Waals surface area contributed by atoms with E-state index in [0.717, 1.165) is 33.6 Å². The third kappa shape index (κ3) is 3.40. The number of hydrogen-bond donors (Lipinski definition) is 1. The van der Waals surface area contributed by atoms with E-state index in [9.17, 15) is 0 Å². The fourth-order valence-corrected chi connectivity index (χ4v) is 3.24. The second-order valence-corrected chi connectivity index (χ2v) is 6.41. The number of anilines is 1. The van der Waals surface area contributed by atoms with Crippen molar-refractivity contribution in [3.05, 3.63) is 27.2 Å². The zero-order chi connectivity index (χ0) is 13.3. The molecule has 2 atom stereocenters. The fourth-order valence-electron chi connectivity index (χ4n) is 2.50. The predicted octanol–water partition coefficient (Wildman–Crippen LogP) is 4.78. The minimum absolute atomic E-state index is 0.311. The lowest BCUT2D eigenvalue weighted by molar-refractivity contribution is -0.0337. The molecule has 0 amide bonds. The summed E-state index contributed by atoms with van der Waals surface area (Å²) in [6.45, 7) is 6.26. The van der Waals surface area contributed by atoms with Crippen LogP contribution in [0.1, 0.15) is 32.3 Å². The number of halogens is 2. The van der Waals surface area contributed by atoms with Gasteiger partial charge in [-0.3, -0.25) is 0 Å². The largest absolute Gasteiger partial charge is 0.381 e. The van der Waals surface area contributed by atoms with Crippen molar-refractivity contribution < 1.29 is 4.74 Å². The summed E-state index contributed by atoms with van der Waals surface area (Å²) >= 11 is 9.76. The predicted molar refractivity (Wildman–Crippen MR) is 80.5 cm³/mol. The van der Waals surface area contributed by atoms with Crippen LogP contribution in [0.3, 0.4) is 0 Å². The van der Waals surface area contributed by atoms with Gasteiger partial charge in [0.05, 0.1) is 17.9 Å². The van der Waals surface area contributed by atoms with E-state index in [4.69, 9.17) is 16.3 Å². The molecule has 1 N–H and O–H groups in total. The Morgan fingerprint density at radius 2 is 1.89 bits per heavy atom. The van der Waals surface area contributed by atoms with E-state index in [1.165, 1.54) is 0 Å². The van der Waals surface area contributed by atoms with Crippen molar-refractivity contribution in [3.8, 4) is 0 Å². The number of benzene rings is 1. The van der Waals surface area contributed by atoms with E-state index in [-0.39, 0.29) is 0 Å². The van der Waals surface area contributed by atoms with Crippen LogP contribution in [0.2, 0.25) is 5.02 Å². The van der Waals surface area contributed by atoms with E-state index in [1.54, 1.807) is 0 Å². The quantitative estimate of drug-likeness (QED) is 0.841. The van der Waals surface area contributed by atoms with Crippen molar-refractivity contribution in [3.63, 3.8) is 0 Å². The molecule has 1 saturated heterocycles. The summed E-state index contributed by atoms with van der Waals surface area (Å²) in [7, 11) is 0. The average Bonchev–Trinajstić information content (AvgIpc) is 2.24. The van der Waals surface area contributed by atoms with E-state index in [0.29, 0.717) is 18.2 Å². The van der Waals surface area contributed by atoms with Crippen molar-refractivity contribution in [2.75, 3.05) is 5.32 Å². The molecular formula is C14H19BrClNO. The molecule has 0 aromatic heterocycles. The second kappa shape index (κ2) is 5.81. The zero-order valence-corrected chi connectivity index (χ0v) is 13.3. The molecule has 1 aliphatic heterocycles. The monoisotopic (exact) mass is 331 g/mol. The molecule has 2 rings (SSSR count). The summed E-state index contributed by atoms with van der Waals surface area (Å²) < 4.78 is 6.82. The summed E-state index contributed by atoms with van der Waals surface area (Å²) in [4.78, 5) is 0. The first-order chi connectivity index (χ1) is 8.45. The van der Waals surface area contributed by atoms with Gasteiger partial charge in [0.15, 0.2) is 0 Å². The maximum Gasteiger partial charge on any atom is 0.0570 e. The first-order valence-electron chi connectivity index (χ1n) is 6.33. The lowest BCUT2D eigenvalue weighted by atomic mass is 9.99. The minimum atomic E-state index is 0.311. The van der Waals surface area contributed by atoms with Crippen molar-refractivity contribution in [2.24, 2.45) is 0 Å². The van der Waals surface area contributed by atoms with Crippen LogP contribution in [0, 0.1) is 6.92 Å². The Bertz CT molecular complexity index is 428. The van der Waals surface area contributed by atoms with Gasteiger partial charge in [0.25, 0.3) is 0 Å². The SMILES string of the molecule is Cc1cc(Br)c(NC2CC(C)OC(C)C2)cc1Cl. The molecule has 100 valence electrons.